The molecule has 3 heteroatoms. The molecule has 1 unspecified atom stereocenters. The minimum Gasteiger partial charge on any atom is -0.300 e. The van der Waals surface area contributed by atoms with Crippen molar-refractivity contribution in [2.75, 3.05) is 0 Å². The van der Waals surface area contributed by atoms with E-state index in [1.54, 1.807) is 19.1 Å². The van der Waals surface area contributed by atoms with E-state index < -0.39 is 0 Å². The van der Waals surface area contributed by atoms with Gasteiger partial charge < -0.3 is 0 Å². The molecular formula is C12H12ClFO. The SMILES string of the molecule is Cc1c(Cl)ccc(C2CCC(=O)C2)c1F. The molecular weight excluding hydrogens is 215 g/mol. The summed E-state index contributed by atoms with van der Waals surface area (Å²) in [4.78, 5) is 11.1. The summed E-state index contributed by atoms with van der Waals surface area (Å²) in [5, 5.41) is 0.445. The van der Waals surface area contributed by atoms with Crippen LogP contribution in [0.15, 0.2) is 12.1 Å². The number of hydrogen-bond acceptors (Lipinski definition) is 1. The van der Waals surface area contributed by atoms with Gasteiger partial charge in [-0.15, -0.1) is 0 Å². The van der Waals surface area contributed by atoms with E-state index in [1.807, 2.05) is 0 Å². The zero-order chi connectivity index (χ0) is 11.0. The quantitative estimate of drug-likeness (QED) is 0.715. The number of carbonyl (C=O) groups is 1. The summed E-state index contributed by atoms with van der Waals surface area (Å²) in [6.07, 6.45) is 1.81. The molecule has 1 nitrogen and oxygen atoms in total. The third kappa shape index (κ3) is 1.91. The second kappa shape index (κ2) is 3.93. The molecule has 0 heterocycles. The average Bonchev–Trinajstić information content (AvgIpc) is 2.61. The Kier molecular flexibility index (Phi) is 2.79. The smallest absolute Gasteiger partial charge is 0.133 e. The standard InChI is InChI=1S/C12H12ClFO/c1-7-11(13)5-4-10(12(7)14)8-2-3-9(15)6-8/h4-5,8H,2-3,6H2,1H3. The highest BCUT2D eigenvalue weighted by molar-refractivity contribution is 6.31. The molecule has 80 valence electrons. The third-order valence-electron chi connectivity index (χ3n) is 3.04. The van der Waals surface area contributed by atoms with Crippen LogP contribution in [0.4, 0.5) is 4.39 Å². The van der Waals surface area contributed by atoms with Crippen molar-refractivity contribution >= 4 is 17.4 Å². The fourth-order valence-corrected chi connectivity index (χ4v) is 2.22. The second-order valence-electron chi connectivity index (χ2n) is 4.05. The van der Waals surface area contributed by atoms with Gasteiger partial charge in [0.25, 0.3) is 0 Å². The van der Waals surface area contributed by atoms with E-state index in [0.29, 0.717) is 29.0 Å². The van der Waals surface area contributed by atoms with Crippen LogP contribution in [-0.4, -0.2) is 5.78 Å². The lowest BCUT2D eigenvalue weighted by Crippen LogP contribution is -2.00. The Labute approximate surface area is 93.2 Å². The van der Waals surface area contributed by atoms with Gasteiger partial charge in [-0.3, -0.25) is 4.79 Å². The minimum absolute atomic E-state index is 0.0495. The van der Waals surface area contributed by atoms with Gasteiger partial charge in [-0.2, -0.15) is 0 Å². The maximum absolute atomic E-state index is 13.8. The topological polar surface area (TPSA) is 17.1 Å². The van der Waals surface area contributed by atoms with Gasteiger partial charge in [-0.25, -0.2) is 4.39 Å². The molecule has 0 aliphatic heterocycles. The predicted molar refractivity (Wildman–Crippen MR) is 57.7 cm³/mol. The number of hydrogen-bond donors (Lipinski definition) is 0. The summed E-state index contributed by atoms with van der Waals surface area (Å²) in [5.41, 5.74) is 1.12. The predicted octanol–water partition coefficient (Wildman–Crippen LogP) is 3.62. The summed E-state index contributed by atoms with van der Waals surface area (Å²) in [6, 6.07) is 3.41. The summed E-state index contributed by atoms with van der Waals surface area (Å²) in [6.45, 7) is 1.66. The monoisotopic (exact) mass is 226 g/mol. The van der Waals surface area contributed by atoms with Crippen LogP contribution < -0.4 is 0 Å². The molecule has 1 aromatic rings. The fourth-order valence-electron chi connectivity index (χ4n) is 2.08. The number of rotatable bonds is 1. The van der Waals surface area contributed by atoms with Gasteiger partial charge in [-0.1, -0.05) is 17.7 Å². The molecule has 1 aliphatic carbocycles. The molecule has 0 saturated heterocycles. The largest absolute Gasteiger partial charge is 0.300 e. The van der Waals surface area contributed by atoms with Crippen molar-refractivity contribution in [2.45, 2.75) is 32.1 Å². The molecule has 1 atom stereocenters. The maximum atomic E-state index is 13.8. The molecule has 0 radical (unpaired) electrons. The molecule has 0 N–H and O–H groups in total. The van der Waals surface area contributed by atoms with Gasteiger partial charge in [0.05, 0.1) is 0 Å². The van der Waals surface area contributed by atoms with E-state index >= 15 is 0 Å². The van der Waals surface area contributed by atoms with Crippen molar-refractivity contribution in [1.29, 1.82) is 0 Å². The average molecular weight is 227 g/mol. The van der Waals surface area contributed by atoms with E-state index in [9.17, 15) is 9.18 Å². The van der Waals surface area contributed by atoms with Crippen molar-refractivity contribution in [2.24, 2.45) is 0 Å². The Morgan fingerprint density at radius 2 is 2.20 bits per heavy atom. The van der Waals surface area contributed by atoms with E-state index in [0.717, 1.165) is 6.42 Å². The van der Waals surface area contributed by atoms with Crippen LogP contribution in [0.2, 0.25) is 5.02 Å². The number of ketones is 1. The first-order chi connectivity index (χ1) is 7.09. The first-order valence-electron chi connectivity index (χ1n) is 5.06. The number of Topliss-reactive ketones (excluding diaryl/α,β-unsaturated/α-hetero) is 1. The van der Waals surface area contributed by atoms with Crippen molar-refractivity contribution in [3.63, 3.8) is 0 Å². The summed E-state index contributed by atoms with van der Waals surface area (Å²) in [7, 11) is 0. The highest BCUT2D eigenvalue weighted by Crippen LogP contribution is 2.35. The van der Waals surface area contributed by atoms with E-state index in [2.05, 4.69) is 0 Å². The molecule has 1 aromatic carbocycles. The Hall–Kier alpha value is -0.890. The molecule has 2 rings (SSSR count). The van der Waals surface area contributed by atoms with Gasteiger partial charge >= 0.3 is 0 Å². The van der Waals surface area contributed by atoms with Crippen LogP contribution >= 0.6 is 11.6 Å². The zero-order valence-corrected chi connectivity index (χ0v) is 9.27. The lowest BCUT2D eigenvalue weighted by atomic mass is 9.95. The summed E-state index contributed by atoms with van der Waals surface area (Å²) < 4.78 is 13.8. The van der Waals surface area contributed by atoms with Gasteiger partial charge in [0.2, 0.25) is 0 Å². The first kappa shape index (κ1) is 10.6. The Bertz CT molecular complexity index is 414. The Balaban J connectivity index is 2.37. The fraction of sp³-hybridized carbons (Fsp3) is 0.417. The molecule has 0 bridgehead atoms. The van der Waals surface area contributed by atoms with E-state index in [1.165, 1.54) is 0 Å². The van der Waals surface area contributed by atoms with Gasteiger partial charge in [0.1, 0.15) is 11.6 Å². The van der Waals surface area contributed by atoms with E-state index in [4.69, 9.17) is 11.6 Å². The lowest BCUT2D eigenvalue weighted by Gasteiger charge is -2.12. The minimum atomic E-state index is -0.248. The van der Waals surface area contributed by atoms with Crippen LogP contribution in [-0.2, 0) is 4.79 Å². The molecule has 0 spiro atoms. The van der Waals surface area contributed by atoms with Crippen LogP contribution in [0, 0.1) is 12.7 Å². The van der Waals surface area contributed by atoms with Crippen LogP contribution in [0.25, 0.3) is 0 Å². The van der Waals surface area contributed by atoms with Crippen molar-refractivity contribution < 1.29 is 9.18 Å². The van der Waals surface area contributed by atoms with Crippen molar-refractivity contribution in [1.82, 2.24) is 0 Å². The highest BCUT2D eigenvalue weighted by Gasteiger charge is 2.26. The summed E-state index contributed by atoms with van der Waals surface area (Å²) >= 11 is 5.81. The molecule has 0 amide bonds. The second-order valence-corrected chi connectivity index (χ2v) is 4.46. The molecule has 0 aromatic heterocycles. The number of benzene rings is 1. The van der Waals surface area contributed by atoms with Gasteiger partial charge in [0, 0.05) is 23.4 Å². The number of halogens is 2. The van der Waals surface area contributed by atoms with E-state index in [-0.39, 0.29) is 17.5 Å². The molecule has 1 fully saturated rings. The highest BCUT2D eigenvalue weighted by atomic mass is 35.5. The van der Waals surface area contributed by atoms with Gasteiger partial charge in [0.15, 0.2) is 0 Å². The Morgan fingerprint density at radius 3 is 2.80 bits per heavy atom. The van der Waals surface area contributed by atoms with Crippen molar-refractivity contribution in [3.05, 3.63) is 34.1 Å². The first-order valence-corrected chi connectivity index (χ1v) is 5.43. The summed E-state index contributed by atoms with van der Waals surface area (Å²) in [5.74, 6) is 0.0302. The van der Waals surface area contributed by atoms with Crippen LogP contribution in [0.3, 0.4) is 0 Å². The number of carbonyl (C=O) groups excluding carboxylic acids is 1. The lowest BCUT2D eigenvalue weighted by molar-refractivity contribution is -0.117. The Morgan fingerprint density at radius 1 is 1.47 bits per heavy atom. The van der Waals surface area contributed by atoms with Crippen LogP contribution in [0.5, 0.6) is 0 Å². The molecule has 1 aliphatic rings. The van der Waals surface area contributed by atoms with Crippen LogP contribution in [0.1, 0.15) is 36.3 Å². The molecule has 1 saturated carbocycles. The zero-order valence-electron chi connectivity index (χ0n) is 8.52. The third-order valence-corrected chi connectivity index (χ3v) is 3.45. The maximum Gasteiger partial charge on any atom is 0.133 e. The van der Waals surface area contributed by atoms with Gasteiger partial charge in [-0.05, 0) is 30.9 Å². The normalized spacial score (nSPS) is 21.0. The molecule has 15 heavy (non-hydrogen) atoms. The van der Waals surface area contributed by atoms with Crippen molar-refractivity contribution in [3.8, 4) is 0 Å².